The van der Waals surface area contributed by atoms with Crippen molar-refractivity contribution in [1.82, 2.24) is 0 Å². The maximum Gasteiger partial charge on any atom is 0.307 e. The van der Waals surface area contributed by atoms with Gasteiger partial charge in [-0.2, -0.15) is 0 Å². The summed E-state index contributed by atoms with van der Waals surface area (Å²) in [6.07, 6.45) is 4.24. The number of allylic oxidation sites excluding steroid dienone is 2. The first-order chi connectivity index (χ1) is 13.5. The minimum absolute atomic E-state index is 0.272. The fourth-order valence-electron chi connectivity index (χ4n) is 3.16. The van der Waals surface area contributed by atoms with Gasteiger partial charge in [0, 0.05) is 10.7 Å². The van der Waals surface area contributed by atoms with Gasteiger partial charge in [0.1, 0.15) is 0 Å². The van der Waals surface area contributed by atoms with Crippen LogP contribution in [0, 0.1) is 11.8 Å². The van der Waals surface area contributed by atoms with E-state index in [1.54, 1.807) is 60.7 Å². The van der Waals surface area contributed by atoms with Gasteiger partial charge in [0.05, 0.1) is 23.1 Å². The van der Waals surface area contributed by atoms with Crippen LogP contribution in [0.1, 0.15) is 23.2 Å². The van der Waals surface area contributed by atoms with Gasteiger partial charge in [-0.1, -0.05) is 42.0 Å². The lowest BCUT2D eigenvalue weighted by Gasteiger charge is -2.24. The number of anilines is 2. The van der Waals surface area contributed by atoms with Crippen molar-refractivity contribution < 1.29 is 19.5 Å². The SMILES string of the molecule is O=C(Nc1cccc(Cl)c1)c1ccccc1NC(=O)[C@H]1CC=CC[C@@H]1C(=O)O. The number of rotatable bonds is 5. The third-order valence-electron chi connectivity index (χ3n) is 4.60. The van der Waals surface area contributed by atoms with E-state index in [0.29, 0.717) is 29.2 Å². The molecule has 0 aliphatic heterocycles. The van der Waals surface area contributed by atoms with Crippen molar-refractivity contribution in [2.75, 3.05) is 10.6 Å². The largest absolute Gasteiger partial charge is 0.481 e. The Kier molecular flexibility index (Phi) is 6.11. The van der Waals surface area contributed by atoms with Crippen LogP contribution < -0.4 is 10.6 Å². The van der Waals surface area contributed by atoms with Crippen molar-refractivity contribution >= 4 is 40.8 Å². The summed E-state index contributed by atoms with van der Waals surface area (Å²) in [6, 6.07) is 13.3. The molecule has 0 radical (unpaired) electrons. The highest BCUT2D eigenvalue weighted by molar-refractivity contribution is 6.31. The van der Waals surface area contributed by atoms with Gasteiger partial charge in [0.2, 0.25) is 5.91 Å². The van der Waals surface area contributed by atoms with E-state index < -0.39 is 29.6 Å². The first kappa shape index (κ1) is 19.6. The minimum Gasteiger partial charge on any atom is -0.481 e. The van der Waals surface area contributed by atoms with Crippen molar-refractivity contribution in [2.24, 2.45) is 11.8 Å². The molecule has 0 spiro atoms. The molecular weight excluding hydrogens is 380 g/mol. The Balaban J connectivity index is 1.78. The summed E-state index contributed by atoms with van der Waals surface area (Å²) in [4.78, 5) is 36.8. The second-order valence-corrected chi connectivity index (χ2v) is 6.93. The van der Waals surface area contributed by atoms with E-state index in [-0.39, 0.29) is 5.56 Å². The van der Waals surface area contributed by atoms with Gasteiger partial charge in [0.25, 0.3) is 5.91 Å². The molecule has 0 unspecified atom stereocenters. The van der Waals surface area contributed by atoms with Crippen LogP contribution in [0.2, 0.25) is 5.02 Å². The number of aliphatic carboxylic acids is 1. The zero-order chi connectivity index (χ0) is 20.1. The fourth-order valence-corrected chi connectivity index (χ4v) is 3.35. The lowest BCUT2D eigenvalue weighted by Crippen LogP contribution is -2.35. The molecule has 3 N–H and O–H groups in total. The minimum atomic E-state index is -1.00. The number of para-hydroxylation sites is 1. The molecule has 2 aromatic carbocycles. The maximum atomic E-state index is 12.7. The average Bonchev–Trinajstić information content (AvgIpc) is 2.68. The Labute approximate surface area is 167 Å². The zero-order valence-electron chi connectivity index (χ0n) is 14.9. The molecule has 7 heteroatoms. The summed E-state index contributed by atoms with van der Waals surface area (Å²) in [6.45, 7) is 0. The Morgan fingerprint density at radius 3 is 2.36 bits per heavy atom. The van der Waals surface area contributed by atoms with Crippen molar-refractivity contribution in [3.05, 3.63) is 71.3 Å². The summed E-state index contributed by atoms with van der Waals surface area (Å²) < 4.78 is 0. The van der Waals surface area contributed by atoms with Crippen LogP contribution in [0.3, 0.4) is 0 Å². The van der Waals surface area contributed by atoms with Gasteiger partial charge >= 0.3 is 5.97 Å². The number of carbonyl (C=O) groups is 3. The Bertz CT molecular complexity index is 942. The van der Waals surface area contributed by atoms with Gasteiger partial charge in [-0.25, -0.2) is 0 Å². The summed E-state index contributed by atoms with van der Waals surface area (Å²) in [5, 5.41) is 15.3. The molecular formula is C21H19ClN2O4. The Hall–Kier alpha value is -3.12. The number of carboxylic acid groups (broad SMARTS) is 1. The molecule has 3 rings (SSSR count). The molecule has 144 valence electrons. The van der Waals surface area contributed by atoms with Crippen LogP contribution in [-0.2, 0) is 9.59 Å². The monoisotopic (exact) mass is 398 g/mol. The van der Waals surface area contributed by atoms with Gasteiger partial charge < -0.3 is 15.7 Å². The molecule has 2 amide bonds. The topological polar surface area (TPSA) is 95.5 Å². The first-order valence-electron chi connectivity index (χ1n) is 8.80. The molecule has 1 aliphatic carbocycles. The van der Waals surface area contributed by atoms with E-state index in [0.717, 1.165) is 0 Å². The first-order valence-corrected chi connectivity index (χ1v) is 9.18. The molecule has 6 nitrogen and oxygen atoms in total. The van der Waals surface area contributed by atoms with Crippen LogP contribution in [-0.4, -0.2) is 22.9 Å². The number of carboxylic acids is 1. The van der Waals surface area contributed by atoms with Crippen LogP contribution >= 0.6 is 11.6 Å². The molecule has 2 atom stereocenters. The Morgan fingerprint density at radius 2 is 1.64 bits per heavy atom. The number of hydrogen-bond donors (Lipinski definition) is 3. The quantitative estimate of drug-likeness (QED) is 0.658. The van der Waals surface area contributed by atoms with Crippen LogP contribution in [0.15, 0.2) is 60.7 Å². The lowest BCUT2D eigenvalue weighted by atomic mass is 9.82. The van der Waals surface area contributed by atoms with Crippen molar-refractivity contribution in [2.45, 2.75) is 12.8 Å². The number of halogens is 1. The number of benzene rings is 2. The molecule has 0 saturated carbocycles. The van der Waals surface area contributed by atoms with Crippen LogP contribution in [0.5, 0.6) is 0 Å². The van der Waals surface area contributed by atoms with Crippen LogP contribution in [0.4, 0.5) is 11.4 Å². The van der Waals surface area contributed by atoms with Crippen molar-refractivity contribution in [3.8, 4) is 0 Å². The van der Waals surface area contributed by atoms with E-state index in [2.05, 4.69) is 10.6 Å². The predicted molar refractivity (Wildman–Crippen MR) is 107 cm³/mol. The smallest absolute Gasteiger partial charge is 0.307 e. The summed E-state index contributed by atoms with van der Waals surface area (Å²) >= 11 is 5.94. The van der Waals surface area contributed by atoms with Crippen molar-refractivity contribution in [3.63, 3.8) is 0 Å². The third-order valence-corrected chi connectivity index (χ3v) is 4.83. The summed E-state index contributed by atoms with van der Waals surface area (Å²) in [5.74, 6) is -3.29. The molecule has 0 aromatic heterocycles. The standard InChI is InChI=1S/C21H19ClN2O4/c22-13-6-5-7-14(12-13)23-20(26)17-10-3-4-11-18(17)24-19(25)15-8-1-2-9-16(15)21(27)28/h1-7,10-12,15-16H,8-9H2,(H,23,26)(H,24,25)(H,27,28)/t15-,16-/m0/s1. The molecule has 0 saturated heterocycles. The van der Waals surface area contributed by atoms with Gasteiger partial charge in [0.15, 0.2) is 0 Å². The number of hydrogen-bond acceptors (Lipinski definition) is 3. The highest BCUT2D eigenvalue weighted by atomic mass is 35.5. The second-order valence-electron chi connectivity index (χ2n) is 6.49. The normalized spacial score (nSPS) is 18.3. The molecule has 2 aromatic rings. The second kappa shape index (κ2) is 8.71. The van der Waals surface area contributed by atoms with Crippen LogP contribution in [0.25, 0.3) is 0 Å². The third kappa shape index (κ3) is 4.58. The molecule has 0 heterocycles. The average molecular weight is 399 g/mol. The van der Waals surface area contributed by atoms with E-state index >= 15 is 0 Å². The van der Waals surface area contributed by atoms with Gasteiger partial charge in [-0.3, -0.25) is 14.4 Å². The van der Waals surface area contributed by atoms with E-state index in [1.807, 2.05) is 0 Å². The number of carbonyl (C=O) groups excluding carboxylic acids is 2. The molecule has 0 fully saturated rings. The van der Waals surface area contributed by atoms with E-state index in [4.69, 9.17) is 11.6 Å². The fraction of sp³-hybridized carbons (Fsp3) is 0.190. The number of nitrogens with one attached hydrogen (secondary N) is 2. The van der Waals surface area contributed by atoms with Crippen molar-refractivity contribution in [1.29, 1.82) is 0 Å². The molecule has 0 bridgehead atoms. The lowest BCUT2D eigenvalue weighted by molar-refractivity contribution is -0.146. The zero-order valence-corrected chi connectivity index (χ0v) is 15.6. The highest BCUT2D eigenvalue weighted by Gasteiger charge is 2.34. The maximum absolute atomic E-state index is 12.7. The number of amides is 2. The molecule has 28 heavy (non-hydrogen) atoms. The van der Waals surface area contributed by atoms with E-state index in [9.17, 15) is 19.5 Å². The van der Waals surface area contributed by atoms with E-state index in [1.165, 1.54) is 0 Å². The summed E-state index contributed by atoms with van der Waals surface area (Å²) in [5.41, 5.74) is 1.13. The predicted octanol–water partition coefficient (Wildman–Crippen LogP) is 4.20. The van der Waals surface area contributed by atoms with Gasteiger partial charge in [-0.05, 0) is 43.2 Å². The summed E-state index contributed by atoms with van der Waals surface area (Å²) in [7, 11) is 0. The highest BCUT2D eigenvalue weighted by Crippen LogP contribution is 2.28. The van der Waals surface area contributed by atoms with Gasteiger partial charge in [-0.15, -0.1) is 0 Å². The Morgan fingerprint density at radius 1 is 0.929 bits per heavy atom. The molecule has 1 aliphatic rings.